The molecule has 166 valence electrons. The molecular weight excluding hydrogens is 574 g/mol. The molecule has 0 aromatic heterocycles. The van der Waals surface area contributed by atoms with Gasteiger partial charge in [-0.2, -0.15) is 0 Å². The standard InChI is InChI=1S/C28H24O2.2Rh/c29-26(30)28(25-18-16-22(17-19-25)21-10-4-1-5-11-21)20-27(28,23-12-6-2-7-13-23)24-14-8-3-9-15-24;;/h1-19,26,29-30H,20H2;;/t28-;;/m1../s1. The van der Waals surface area contributed by atoms with Crippen molar-refractivity contribution >= 4 is 0 Å². The maximum Gasteiger partial charge on any atom is 0.162 e. The van der Waals surface area contributed by atoms with Crippen LogP contribution in [-0.2, 0) is 49.8 Å². The Labute approximate surface area is 214 Å². The summed E-state index contributed by atoms with van der Waals surface area (Å²) in [5, 5.41) is 21.4. The molecule has 2 N–H and O–H groups in total. The van der Waals surface area contributed by atoms with Gasteiger partial charge in [0.25, 0.3) is 0 Å². The van der Waals surface area contributed by atoms with Crippen molar-refractivity contribution in [3.05, 3.63) is 132 Å². The Morgan fingerprint density at radius 3 is 1.34 bits per heavy atom. The second-order valence-corrected chi connectivity index (χ2v) is 8.10. The Hall–Kier alpha value is -1.95. The molecule has 1 saturated carbocycles. The number of hydrogen-bond acceptors (Lipinski definition) is 2. The summed E-state index contributed by atoms with van der Waals surface area (Å²) in [5.74, 6) is 0. The van der Waals surface area contributed by atoms with Gasteiger partial charge < -0.3 is 10.2 Å². The first-order valence-electron chi connectivity index (χ1n) is 10.3. The van der Waals surface area contributed by atoms with Gasteiger partial charge in [-0.3, -0.25) is 0 Å². The van der Waals surface area contributed by atoms with E-state index in [2.05, 4.69) is 60.7 Å². The summed E-state index contributed by atoms with van der Waals surface area (Å²) >= 11 is 0. The Kier molecular flexibility index (Phi) is 7.64. The van der Waals surface area contributed by atoms with E-state index in [1.165, 1.54) is 0 Å². The second-order valence-electron chi connectivity index (χ2n) is 8.10. The molecular formula is C28H24O2Rh2. The van der Waals surface area contributed by atoms with Crippen LogP contribution in [0.4, 0.5) is 0 Å². The molecule has 5 rings (SSSR count). The van der Waals surface area contributed by atoms with Crippen LogP contribution in [0.25, 0.3) is 11.1 Å². The first-order valence-corrected chi connectivity index (χ1v) is 10.3. The van der Waals surface area contributed by atoms with E-state index in [1.54, 1.807) is 0 Å². The third-order valence-electron chi connectivity index (χ3n) is 6.66. The van der Waals surface area contributed by atoms with Crippen LogP contribution in [0.15, 0.2) is 115 Å². The average Bonchev–Trinajstić information content (AvgIpc) is 3.54. The summed E-state index contributed by atoms with van der Waals surface area (Å²) in [6.07, 6.45) is -0.823. The minimum absolute atomic E-state index is 0. The molecule has 4 heteroatoms. The van der Waals surface area contributed by atoms with Crippen LogP contribution in [0.5, 0.6) is 0 Å². The van der Waals surface area contributed by atoms with Crippen LogP contribution in [0, 0.1) is 0 Å². The quantitative estimate of drug-likeness (QED) is 0.243. The first kappa shape index (κ1) is 24.7. The van der Waals surface area contributed by atoms with Crippen LogP contribution < -0.4 is 0 Å². The Balaban J connectivity index is 0.00000144. The van der Waals surface area contributed by atoms with Gasteiger partial charge in [0.15, 0.2) is 6.29 Å². The molecule has 0 heterocycles. The zero-order valence-electron chi connectivity index (χ0n) is 17.3. The van der Waals surface area contributed by atoms with E-state index in [1.807, 2.05) is 54.6 Å². The molecule has 0 spiro atoms. The summed E-state index contributed by atoms with van der Waals surface area (Å²) < 4.78 is 0. The van der Waals surface area contributed by atoms with Gasteiger partial charge in [0.1, 0.15) is 0 Å². The first-order chi connectivity index (χ1) is 14.7. The molecule has 4 aromatic rings. The van der Waals surface area contributed by atoms with Crippen LogP contribution in [0.2, 0.25) is 0 Å². The summed E-state index contributed by atoms with van der Waals surface area (Å²) in [4.78, 5) is 0. The van der Waals surface area contributed by atoms with Gasteiger partial charge in [-0.05, 0) is 34.2 Å². The van der Waals surface area contributed by atoms with Crippen molar-refractivity contribution in [3.8, 4) is 11.1 Å². The predicted molar refractivity (Wildman–Crippen MR) is 120 cm³/mol. The van der Waals surface area contributed by atoms with E-state index in [0.717, 1.165) is 27.8 Å². The van der Waals surface area contributed by atoms with Crippen molar-refractivity contribution in [1.82, 2.24) is 0 Å². The summed E-state index contributed by atoms with van der Waals surface area (Å²) in [5.41, 5.74) is 4.17. The van der Waals surface area contributed by atoms with Crippen LogP contribution in [0.1, 0.15) is 23.1 Å². The van der Waals surface area contributed by atoms with Crippen LogP contribution >= 0.6 is 0 Å². The molecule has 1 aliphatic rings. The minimum Gasteiger partial charge on any atom is -0.367 e. The van der Waals surface area contributed by atoms with Crippen molar-refractivity contribution in [1.29, 1.82) is 0 Å². The molecule has 0 aliphatic heterocycles. The molecule has 32 heavy (non-hydrogen) atoms. The van der Waals surface area contributed by atoms with Crippen molar-refractivity contribution in [2.75, 3.05) is 0 Å². The van der Waals surface area contributed by atoms with E-state index < -0.39 is 17.1 Å². The molecule has 4 aromatic carbocycles. The van der Waals surface area contributed by atoms with E-state index >= 15 is 0 Å². The minimum atomic E-state index is -1.47. The van der Waals surface area contributed by atoms with Crippen molar-refractivity contribution < 1.29 is 49.2 Å². The van der Waals surface area contributed by atoms with Crippen LogP contribution in [0.3, 0.4) is 0 Å². The number of aliphatic hydroxyl groups excluding tert-OH is 1. The Morgan fingerprint density at radius 1 is 0.500 bits per heavy atom. The summed E-state index contributed by atoms with van der Waals surface area (Å²) in [6.45, 7) is 0. The average molecular weight is 598 g/mol. The molecule has 1 aliphatic carbocycles. The monoisotopic (exact) mass is 598 g/mol. The fourth-order valence-electron chi connectivity index (χ4n) is 5.11. The van der Waals surface area contributed by atoms with E-state index in [9.17, 15) is 10.2 Å². The Bertz CT molecular complexity index is 1090. The van der Waals surface area contributed by atoms with E-state index in [0.29, 0.717) is 6.42 Å². The molecule has 0 unspecified atom stereocenters. The fraction of sp³-hybridized carbons (Fsp3) is 0.143. The van der Waals surface area contributed by atoms with Crippen molar-refractivity contribution in [2.24, 2.45) is 0 Å². The van der Waals surface area contributed by atoms with E-state index in [-0.39, 0.29) is 39.0 Å². The topological polar surface area (TPSA) is 40.5 Å². The van der Waals surface area contributed by atoms with Gasteiger partial charge in [0.05, 0.1) is 5.41 Å². The van der Waals surface area contributed by atoms with Gasteiger partial charge in [-0.25, -0.2) is 0 Å². The molecule has 2 radical (unpaired) electrons. The molecule has 2 nitrogen and oxygen atoms in total. The number of rotatable bonds is 5. The third kappa shape index (κ3) is 3.85. The van der Waals surface area contributed by atoms with Gasteiger partial charge >= 0.3 is 0 Å². The van der Waals surface area contributed by atoms with Crippen LogP contribution in [-0.4, -0.2) is 16.5 Å². The fourth-order valence-corrected chi connectivity index (χ4v) is 5.11. The van der Waals surface area contributed by atoms with Gasteiger partial charge in [-0.15, -0.1) is 0 Å². The van der Waals surface area contributed by atoms with Crippen molar-refractivity contribution in [2.45, 2.75) is 23.5 Å². The van der Waals surface area contributed by atoms with Crippen molar-refractivity contribution in [3.63, 3.8) is 0 Å². The summed E-state index contributed by atoms with van der Waals surface area (Å²) in [6, 6.07) is 38.9. The molecule has 1 atom stereocenters. The maximum absolute atomic E-state index is 10.7. The molecule has 0 bridgehead atoms. The zero-order valence-corrected chi connectivity index (χ0v) is 20.6. The Morgan fingerprint density at radius 2 is 0.906 bits per heavy atom. The SMILES string of the molecule is OC(O)[C@]1(c2ccc(-c3ccccc3)cc2)CC1(c1ccccc1)c1ccccc1.[Rh].[Rh]. The smallest absolute Gasteiger partial charge is 0.162 e. The molecule has 0 saturated heterocycles. The summed E-state index contributed by atoms with van der Waals surface area (Å²) in [7, 11) is 0. The van der Waals surface area contributed by atoms with E-state index in [4.69, 9.17) is 0 Å². The number of benzene rings is 4. The second kappa shape index (κ2) is 9.90. The third-order valence-corrected chi connectivity index (χ3v) is 6.66. The molecule has 1 fully saturated rings. The molecule has 0 amide bonds. The zero-order chi connectivity index (χ0) is 20.6. The van der Waals surface area contributed by atoms with Gasteiger partial charge in [-0.1, -0.05) is 115 Å². The largest absolute Gasteiger partial charge is 0.367 e. The number of aliphatic hydroxyl groups is 2. The number of hydrogen-bond donors (Lipinski definition) is 2. The van der Waals surface area contributed by atoms with Gasteiger partial charge in [0, 0.05) is 44.4 Å². The maximum atomic E-state index is 10.7. The van der Waals surface area contributed by atoms with Gasteiger partial charge in [0.2, 0.25) is 0 Å². The predicted octanol–water partition coefficient (Wildman–Crippen LogP) is 5.29. The normalized spacial score (nSPS) is 18.3.